The third kappa shape index (κ3) is 4.79. The molecule has 4 aromatic rings. The lowest BCUT2D eigenvalue weighted by Gasteiger charge is -2.21. The van der Waals surface area contributed by atoms with E-state index in [9.17, 15) is 4.79 Å². The second-order valence-corrected chi connectivity index (χ2v) is 8.46. The first kappa shape index (κ1) is 22.3. The molecule has 2 aromatic carbocycles. The van der Waals surface area contributed by atoms with Gasteiger partial charge in [-0.05, 0) is 47.9 Å². The van der Waals surface area contributed by atoms with E-state index in [-0.39, 0.29) is 5.91 Å². The van der Waals surface area contributed by atoms with Gasteiger partial charge in [0.1, 0.15) is 11.9 Å². The van der Waals surface area contributed by atoms with Gasteiger partial charge >= 0.3 is 0 Å². The number of nitrogens with zero attached hydrogens (tertiary/aromatic N) is 3. The van der Waals surface area contributed by atoms with Crippen molar-refractivity contribution in [2.75, 3.05) is 0 Å². The van der Waals surface area contributed by atoms with Crippen molar-refractivity contribution in [1.29, 1.82) is 0 Å². The van der Waals surface area contributed by atoms with Gasteiger partial charge in [-0.2, -0.15) is 0 Å². The van der Waals surface area contributed by atoms with Crippen LogP contribution in [0.4, 0.5) is 0 Å². The Bertz CT molecular complexity index is 1200. The molecule has 5 nitrogen and oxygen atoms in total. The summed E-state index contributed by atoms with van der Waals surface area (Å²) in [4.78, 5) is 22.3. The van der Waals surface area contributed by atoms with E-state index in [1.54, 1.807) is 12.4 Å². The average Bonchev–Trinajstić information content (AvgIpc) is 3.17. The molecular formula is C25H24Cl2N4O. The first-order chi connectivity index (χ1) is 15.6. The molecule has 4 rings (SSSR count). The number of carbonyl (C=O) groups is 1. The molecular weight excluding hydrogens is 443 g/mol. The van der Waals surface area contributed by atoms with Crippen molar-refractivity contribution in [3.63, 3.8) is 0 Å². The molecule has 2 aromatic heterocycles. The quantitative estimate of drug-likeness (QED) is 0.347. The van der Waals surface area contributed by atoms with Crippen molar-refractivity contribution in [1.82, 2.24) is 19.9 Å². The van der Waals surface area contributed by atoms with E-state index in [1.807, 2.05) is 59.2 Å². The number of pyridine rings is 1. The number of para-hydroxylation sites is 2. The SMILES string of the molecule is CCC[C@H](C(=O)NCc1cccnc1)n1c(Cc2c(Cl)cccc2Cl)nc2ccccc21. The van der Waals surface area contributed by atoms with Crippen molar-refractivity contribution < 1.29 is 4.79 Å². The van der Waals surface area contributed by atoms with Crippen LogP contribution < -0.4 is 5.32 Å². The van der Waals surface area contributed by atoms with Gasteiger partial charge in [-0.25, -0.2) is 4.98 Å². The van der Waals surface area contributed by atoms with Crippen LogP contribution >= 0.6 is 23.2 Å². The smallest absolute Gasteiger partial charge is 0.243 e. The first-order valence-corrected chi connectivity index (χ1v) is 11.4. The molecule has 2 heterocycles. The minimum Gasteiger partial charge on any atom is -0.350 e. The molecule has 0 aliphatic heterocycles. The predicted octanol–water partition coefficient (Wildman–Crippen LogP) is 5.99. The van der Waals surface area contributed by atoms with Gasteiger partial charge in [0.2, 0.25) is 5.91 Å². The molecule has 7 heteroatoms. The maximum absolute atomic E-state index is 13.4. The van der Waals surface area contributed by atoms with Crippen LogP contribution in [0.2, 0.25) is 10.0 Å². The molecule has 0 spiro atoms. The van der Waals surface area contributed by atoms with Gasteiger partial charge in [0.25, 0.3) is 0 Å². The molecule has 0 saturated heterocycles. The number of nitrogens with one attached hydrogen (secondary N) is 1. The van der Waals surface area contributed by atoms with Gasteiger partial charge < -0.3 is 9.88 Å². The topological polar surface area (TPSA) is 59.8 Å². The molecule has 1 amide bonds. The molecule has 0 aliphatic carbocycles. The fraction of sp³-hybridized carbons (Fsp3) is 0.240. The van der Waals surface area contributed by atoms with Gasteiger partial charge in [0, 0.05) is 35.4 Å². The van der Waals surface area contributed by atoms with Crippen molar-refractivity contribution >= 4 is 40.1 Å². The van der Waals surface area contributed by atoms with Crippen LogP contribution in [0.3, 0.4) is 0 Å². The largest absolute Gasteiger partial charge is 0.350 e. The molecule has 0 radical (unpaired) electrons. The second kappa shape index (κ2) is 10.2. The summed E-state index contributed by atoms with van der Waals surface area (Å²) in [6.45, 7) is 2.50. The lowest BCUT2D eigenvalue weighted by molar-refractivity contribution is -0.124. The molecule has 1 N–H and O–H groups in total. The van der Waals surface area contributed by atoms with Crippen LogP contribution in [-0.4, -0.2) is 20.4 Å². The Labute approximate surface area is 197 Å². The van der Waals surface area contributed by atoms with Gasteiger partial charge in [-0.3, -0.25) is 9.78 Å². The summed E-state index contributed by atoms with van der Waals surface area (Å²) in [5.74, 6) is 0.710. The minimum atomic E-state index is -0.402. The zero-order valence-corrected chi connectivity index (χ0v) is 19.3. The fourth-order valence-corrected chi connectivity index (χ4v) is 4.42. The third-order valence-electron chi connectivity index (χ3n) is 5.43. The Kier molecular flexibility index (Phi) is 7.08. The maximum Gasteiger partial charge on any atom is 0.243 e. The number of rotatable bonds is 8. The fourth-order valence-electron chi connectivity index (χ4n) is 3.89. The summed E-state index contributed by atoms with van der Waals surface area (Å²) in [6.07, 6.45) is 5.44. The van der Waals surface area contributed by atoms with Crippen molar-refractivity contribution in [2.24, 2.45) is 0 Å². The number of hydrogen-bond acceptors (Lipinski definition) is 3. The molecule has 32 heavy (non-hydrogen) atoms. The normalized spacial score (nSPS) is 12.1. The second-order valence-electron chi connectivity index (χ2n) is 7.65. The Balaban J connectivity index is 1.72. The molecule has 0 unspecified atom stereocenters. The lowest BCUT2D eigenvalue weighted by Crippen LogP contribution is -2.33. The summed E-state index contributed by atoms with van der Waals surface area (Å²) in [7, 11) is 0. The molecule has 0 fully saturated rings. The summed E-state index contributed by atoms with van der Waals surface area (Å²) in [5.41, 5.74) is 3.51. The molecule has 164 valence electrons. The van der Waals surface area contributed by atoms with Crippen LogP contribution in [0.5, 0.6) is 0 Å². The molecule has 0 aliphatic rings. The third-order valence-corrected chi connectivity index (χ3v) is 6.14. The minimum absolute atomic E-state index is 0.0506. The van der Waals surface area contributed by atoms with E-state index in [2.05, 4.69) is 17.2 Å². The van der Waals surface area contributed by atoms with Gasteiger partial charge in [0.05, 0.1) is 11.0 Å². The van der Waals surface area contributed by atoms with Crippen LogP contribution in [0.1, 0.15) is 42.8 Å². The van der Waals surface area contributed by atoms with Gasteiger partial charge in [-0.1, -0.05) is 60.8 Å². The average molecular weight is 467 g/mol. The van der Waals surface area contributed by atoms with E-state index in [4.69, 9.17) is 28.2 Å². The Morgan fingerprint density at radius 2 is 1.84 bits per heavy atom. The lowest BCUT2D eigenvalue weighted by atomic mass is 10.1. The summed E-state index contributed by atoms with van der Waals surface area (Å²) in [6, 6.07) is 16.7. The Morgan fingerprint density at radius 1 is 1.06 bits per heavy atom. The number of carbonyl (C=O) groups excluding carboxylic acids is 1. The number of aromatic nitrogens is 3. The standard InChI is InChI=1S/C25H24Cl2N4O/c1-2-7-23(25(32)29-16-17-8-6-13-28-15-17)31-22-12-4-3-11-21(22)30-24(31)14-18-19(26)9-5-10-20(18)27/h3-6,8-13,15,23H,2,7,14,16H2,1H3,(H,29,32)/t23-/m1/s1. The van der Waals surface area contributed by atoms with E-state index < -0.39 is 6.04 Å². The van der Waals surface area contributed by atoms with E-state index in [1.165, 1.54) is 0 Å². The molecule has 1 atom stereocenters. The number of benzene rings is 2. The maximum atomic E-state index is 13.4. The Morgan fingerprint density at radius 3 is 2.56 bits per heavy atom. The summed E-state index contributed by atoms with van der Waals surface area (Å²) >= 11 is 12.9. The van der Waals surface area contributed by atoms with Crippen LogP contribution in [0.25, 0.3) is 11.0 Å². The van der Waals surface area contributed by atoms with Gasteiger partial charge in [0.15, 0.2) is 0 Å². The first-order valence-electron chi connectivity index (χ1n) is 10.6. The van der Waals surface area contributed by atoms with E-state index in [0.29, 0.717) is 29.4 Å². The van der Waals surface area contributed by atoms with Crippen molar-refractivity contribution in [2.45, 2.75) is 38.8 Å². The zero-order chi connectivity index (χ0) is 22.5. The van der Waals surface area contributed by atoms with Gasteiger partial charge in [-0.15, -0.1) is 0 Å². The highest BCUT2D eigenvalue weighted by atomic mass is 35.5. The summed E-state index contributed by atoms with van der Waals surface area (Å²) in [5, 5.41) is 4.25. The predicted molar refractivity (Wildman–Crippen MR) is 129 cm³/mol. The van der Waals surface area contributed by atoms with Crippen LogP contribution in [0, 0.1) is 0 Å². The highest BCUT2D eigenvalue weighted by molar-refractivity contribution is 6.36. The highest BCUT2D eigenvalue weighted by Gasteiger charge is 2.25. The van der Waals surface area contributed by atoms with E-state index >= 15 is 0 Å². The highest BCUT2D eigenvalue weighted by Crippen LogP contribution is 2.31. The zero-order valence-electron chi connectivity index (χ0n) is 17.8. The van der Waals surface area contributed by atoms with Crippen molar-refractivity contribution in [3.8, 4) is 0 Å². The molecule has 0 bridgehead atoms. The van der Waals surface area contributed by atoms with Crippen LogP contribution in [-0.2, 0) is 17.8 Å². The van der Waals surface area contributed by atoms with E-state index in [0.717, 1.165) is 34.4 Å². The summed E-state index contributed by atoms with van der Waals surface area (Å²) < 4.78 is 2.04. The molecule has 0 saturated carbocycles. The monoisotopic (exact) mass is 466 g/mol. The Hall–Kier alpha value is -2.89. The number of imidazole rings is 1. The van der Waals surface area contributed by atoms with Crippen LogP contribution in [0.15, 0.2) is 67.0 Å². The number of amides is 1. The number of fused-ring (bicyclic) bond motifs is 1. The van der Waals surface area contributed by atoms with Crippen molar-refractivity contribution in [3.05, 3.63) is 94.0 Å². The number of hydrogen-bond donors (Lipinski definition) is 1. The number of halogens is 2.